The van der Waals surface area contributed by atoms with Gasteiger partial charge in [-0.25, -0.2) is 4.39 Å². The monoisotopic (exact) mass is 255 g/mol. The minimum atomic E-state index is -0.358. The number of hydrogen-bond donors (Lipinski definition) is 0. The zero-order valence-corrected chi connectivity index (χ0v) is 10.9. The molecule has 0 N–H and O–H groups in total. The van der Waals surface area contributed by atoms with Crippen LogP contribution in [0.25, 0.3) is 0 Å². The summed E-state index contributed by atoms with van der Waals surface area (Å²) in [6.07, 6.45) is 0. The van der Waals surface area contributed by atoms with E-state index in [4.69, 9.17) is 10.00 Å². The van der Waals surface area contributed by atoms with Gasteiger partial charge in [-0.05, 0) is 43.7 Å². The highest BCUT2D eigenvalue weighted by molar-refractivity contribution is 5.37. The van der Waals surface area contributed by atoms with Gasteiger partial charge in [-0.2, -0.15) is 5.26 Å². The van der Waals surface area contributed by atoms with Crippen molar-refractivity contribution in [1.29, 1.82) is 5.26 Å². The van der Waals surface area contributed by atoms with Crippen molar-refractivity contribution < 1.29 is 9.13 Å². The quantitative estimate of drug-likeness (QED) is 0.833. The summed E-state index contributed by atoms with van der Waals surface area (Å²) in [5.74, 6) is 0.371. The van der Waals surface area contributed by atoms with Crippen molar-refractivity contribution in [3.05, 3.63) is 64.5 Å². The summed E-state index contributed by atoms with van der Waals surface area (Å²) in [4.78, 5) is 0. The van der Waals surface area contributed by atoms with Gasteiger partial charge in [0.25, 0.3) is 0 Å². The molecule has 0 aromatic heterocycles. The SMILES string of the molecule is Cc1ccc(OCc2cc(C#N)ccc2F)c(C)c1. The molecule has 0 fully saturated rings. The van der Waals surface area contributed by atoms with Gasteiger partial charge in [0, 0.05) is 5.56 Å². The Bertz CT molecular complexity index is 644. The molecule has 0 atom stereocenters. The number of nitriles is 1. The van der Waals surface area contributed by atoms with Crippen LogP contribution in [0.5, 0.6) is 5.75 Å². The van der Waals surface area contributed by atoms with Gasteiger partial charge in [0.15, 0.2) is 0 Å². The zero-order valence-electron chi connectivity index (χ0n) is 10.9. The maximum Gasteiger partial charge on any atom is 0.129 e. The summed E-state index contributed by atoms with van der Waals surface area (Å²) in [5.41, 5.74) is 2.99. The zero-order chi connectivity index (χ0) is 13.8. The molecule has 3 heteroatoms. The molecule has 0 amide bonds. The predicted molar refractivity (Wildman–Crippen MR) is 71.4 cm³/mol. The van der Waals surface area contributed by atoms with E-state index in [0.29, 0.717) is 11.1 Å². The van der Waals surface area contributed by atoms with E-state index in [9.17, 15) is 4.39 Å². The van der Waals surface area contributed by atoms with Crippen LogP contribution >= 0.6 is 0 Å². The highest BCUT2D eigenvalue weighted by atomic mass is 19.1. The fraction of sp³-hybridized carbons (Fsp3) is 0.188. The molecule has 2 aromatic carbocycles. The summed E-state index contributed by atoms with van der Waals surface area (Å²) >= 11 is 0. The second-order valence-corrected chi connectivity index (χ2v) is 4.48. The van der Waals surface area contributed by atoms with Gasteiger partial charge in [0.1, 0.15) is 18.2 Å². The molecular weight excluding hydrogens is 241 g/mol. The lowest BCUT2D eigenvalue weighted by Crippen LogP contribution is -2.00. The van der Waals surface area contributed by atoms with Crippen molar-refractivity contribution in [2.24, 2.45) is 0 Å². The molecule has 19 heavy (non-hydrogen) atoms. The molecule has 0 bridgehead atoms. The number of benzene rings is 2. The number of ether oxygens (including phenoxy) is 1. The first-order valence-electron chi connectivity index (χ1n) is 5.99. The van der Waals surface area contributed by atoms with Gasteiger partial charge in [0.2, 0.25) is 0 Å². The third kappa shape index (κ3) is 3.11. The maximum atomic E-state index is 13.6. The normalized spacial score (nSPS) is 10.0. The average Bonchev–Trinajstić information content (AvgIpc) is 2.39. The predicted octanol–water partition coefficient (Wildman–Crippen LogP) is 3.89. The van der Waals surface area contributed by atoms with Crippen molar-refractivity contribution in [3.8, 4) is 11.8 Å². The first-order valence-corrected chi connectivity index (χ1v) is 5.99. The van der Waals surface area contributed by atoms with Crippen LogP contribution in [0.15, 0.2) is 36.4 Å². The lowest BCUT2D eigenvalue weighted by atomic mass is 10.1. The van der Waals surface area contributed by atoms with E-state index in [0.717, 1.165) is 16.9 Å². The van der Waals surface area contributed by atoms with E-state index in [1.54, 1.807) is 0 Å². The lowest BCUT2D eigenvalue weighted by Gasteiger charge is -2.10. The largest absolute Gasteiger partial charge is 0.489 e. The minimum absolute atomic E-state index is 0.116. The third-order valence-electron chi connectivity index (χ3n) is 2.89. The number of aryl methyl sites for hydroxylation is 2. The Morgan fingerprint density at radius 2 is 1.95 bits per heavy atom. The third-order valence-corrected chi connectivity index (χ3v) is 2.89. The lowest BCUT2D eigenvalue weighted by molar-refractivity contribution is 0.297. The van der Waals surface area contributed by atoms with Gasteiger partial charge in [-0.15, -0.1) is 0 Å². The van der Waals surface area contributed by atoms with E-state index >= 15 is 0 Å². The van der Waals surface area contributed by atoms with Gasteiger partial charge in [0.05, 0.1) is 11.6 Å². The number of halogens is 1. The summed E-state index contributed by atoms with van der Waals surface area (Å²) in [5, 5.41) is 8.80. The molecule has 0 saturated heterocycles. The number of nitrogens with zero attached hydrogens (tertiary/aromatic N) is 1. The molecule has 96 valence electrons. The molecule has 0 saturated carbocycles. The Balaban J connectivity index is 2.16. The summed E-state index contributed by atoms with van der Waals surface area (Å²) in [7, 11) is 0. The van der Waals surface area contributed by atoms with Gasteiger partial charge in [-0.3, -0.25) is 0 Å². The van der Waals surface area contributed by atoms with Gasteiger partial charge >= 0.3 is 0 Å². The molecule has 0 aliphatic heterocycles. The van der Waals surface area contributed by atoms with E-state index in [2.05, 4.69) is 0 Å². The highest BCUT2D eigenvalue weighted by Crippen LogP contribution is 2.21. The average molecular weight is 255 g/mol. The number of rotatable bonds is 3. The van der Waals surface area contributed by atoms with Crippen LogP contribution in [0.1, 0.15) is 22.3 Å². The van der Waals surface area contributed by atoms with Crippen molar-refractivity contribution in [3.63, 3.8) is 0 Å². The van der Waals surface area contributed by atoms with E-state index in [-0.39, 0.29) is 12.4 Å². The van der Waals surface area contributed by atoms with Crippen molar-refractivity contribution >= 4 is 0 Å². The van der Waals surface area contributed by atoms with Crippen LogP contribution in [0.3, 0.4) is 0 Å². The first-order chi connectivity index (χ1) is 9.10. The Hall–Kier alpha value is -2.34. The van der Waals surface area contributed by atoms with Crippen LogP contribution in [0.2, 0.25) is 0 Å². The molecule has 0 radical (unpaired) electrons. The Morgan fingerprint density at radius 1 is 1.16 bits per heavy atom. The molecule has 0 aliphatic rings. The molecule has 0 heterocycles. The Kier molecular flexibility index (Phi) is 3.82. The summed E-state index contributed by atoms with van der Waals surface area (Å²) < 4.78 is 19.2. The van der Waals surface area contributed by atoms with Crippen molar-refractivity contribution in [1.82, 2.24) is 0 Å². The van der Waals surface area contributed by atoms with Crippen LogP contribution < -0.4 is 4.74 Å². The molecule has 0 unspecified atom stereocenters. The second-order valence-electron chi connectivity index (χ2n) is 4.48. The summed E-state index contributed by atoms with van der Waals surface area (Å²) in [6.45, 7) is 4.07. The van der Waals surface area contributed by atoms with Crippen LogP contribution in [0, 0.1) is 31.0 Å². The topological polar surface area (TPSA) is 33.0 Å². The Morgan fingerprint density at radius 3 is 2.63 bits per heavy atom. The van der Waals surface area contributed by atoms with Crippen LogP contribution in [-0.2, 0) is 6.61 Å². The fourth-order valence-corrected chi connectivity index (χ4v) is 1.87. The van der Waals surface area contributed by atoms with Crippen LogP contribution in [0.4, 0.5) is 4.39 Å². The van der Waals surface area contributed by atoms with E-state index < -0.39 is 0 Å². The molecule has 2 nitrogen and oxygen atoms in total. The van der Waals surface area contributed by atoms with Crippen LogP contribution in [-0.4, -0.2) is 0 Å². The standard InChI is InChI=1S/C16H14FNO/c1-11-3-6-16(12(2)7-11)19-10-14-8-13(9-18)4-5-15(14)17/h3-8H,10H2,1-2H3. The van der Waals surface area contributed by atoms with E-state index in [1.165, 1.54) is 18.2 Å². The second kappa shape index (κ2) is 5.53. The Labute approximate surface area is 112 Å². The fourth-order valence-electron chi connectivity index (χ4n) is 1.87. The molecule has 0 aliphatic carbocycles. The van der Waals surface area contributed by atoms with Crippen molar-refractivity contribution in [2.75, 3.05) is 0 Å². The maximum absolute atomic E-state index is 13.6. The first kappa shape index (κ1) is 13.1. The smallest absolute Gasteiger partial charge is 0.129 e. The summed E-state index contributed by atoms with van der Waals surface area (Å²) in [6, 6.07) is 12.1. The highest BCUT2D eigenvalue weighted by Gasteiger charge is 2.06. The minimum Gasteiger partial charge on any atom is -0.489 e. The van der Waals surface area contributed by atoms with E-state index in [1.807, 2.05) is 38.1 Å². The van der Waals surface area contributed by atoms with Gasteiger partial charge in [-0.1, -0.05) is 17.7 Å². The van der Waals surface area contributed by atoms with Crippen molar-refractivity contribution in [2.45, 2.75) is 20.5 Å². The molecule has 0 spiro atoms. The number of hydrogen-bond acceptors (Lipinski definition) is 2. The van der Waals surface area contributed by atoms with Gasteiger partial charge < -0.3 is 4.74 Å². The molecular formula is C16H14FNO. The molecule has 2 aromatic rings. The molecule has 2 rings (SSSR count).